The third-order valence-corrected chi connectivity index (χ3v) is 3.54. The molecular weight excluding hydrogens is 234 g/mol. The lowest BCUT2D eigenvalue weighted by molar-refractivity contribution is 0.414. The van der Waals surface area contributed by atoms with Gasteiger partial charge in [-0.25, -0.2) is 0 Å². The summed E-state index contributed by atoms with van der Waals surface area (Å²) in [6, 6.07) is 16.9. The zero-order valence-electron chi connectivity index (χ0n) is 11.3. The molecule has 0 fully saturated rings. The first-order chi connectivity index (χ1) is 9.28. The van der Waals surface area contributed by atoms with E-state index in [0.29, 0.717) is 0 Å². The van der Waals surface area contributed by atoms with Crippen LogP contribution in [0.25, 0.3) is 10.9 Å². The van der Waals surface area contributed by atoms with Crippen molar-refractivity contribution in [1.29, 1.82) is 0 Å². The molecule has 0 radical (unpaired) electrons. The van der Waals surface area contributed by atoms with Gasteiger partial charge in [-0.2, -0.15) is 0 Å². The average molecular weight is 251 g/mol. The van der Waals surface area contributed by atoms with Crippen molar-refractivity contribution in [3.8, 4) is 5.75 Å². The number of benzene rings is 2. The van der Waals surface area contributed by atoms with Gasteiger partial charge in [-0.05, 0) is 42.3 Å². The van der Waals surface area contributed by atoms with Crippen LogP contribution < -0.4 is 4.74 Å². The average Bonchev–Trinajstić information content (AvgIpc) is 2.84. The second-order valence-electron chi connectivity index (χ2n) is 4.80. The third-order valence-electron chi connectivity index (χ3n) is 3.54. The van der Waals surface area contributed by atoms with Crippen LogP contribution in [0.2, 0.25) is 0 Å². The van der Waals surface area contributed by atoms with Crippen LogP contribution in [-0.2, 0) is 6.54 Å². The van der Waals surface area contributed by atoms with E-state index in [9.17, 15) is 0 Å². The lowest BCUT2D eigenvalue weighted by atomic mass is 10.1. The van der Waals surface area contributed by atoms with Crippen LogP contribution in [-0.4, -0.2) is 11.7 Å². The van der Waals surface area contributed by atoms with Gasteiger partial charge in [-0.3, -0.25) is 0 Å². The van der Waals surface area contributed by atoms with E-state index in [4.69, 9.17) is 4.74 Å². The number of hydrogen-bond donors (Lipinski definition) is 0. The molecule has 0 aliphatic heterocycles. The highest BCUT2D eigenvalue weighted by Gasteiger charge is 2.03. The molecule has 2 heteroatoms. The Morgan fingerprint density at radius 2 is 1.79 bits per heavy atom. The van der Waals surface area contributed by atoms with E-state index in [-0.39, 0.29) is 0 Å². The van der Waals surface area contributed by atoms with Gasteiger partial charge in [0.25, 0.3) is 0 Å². The Morgan fingerprint density at radius 3 is 2.53 bits per heavy atom. The first-order valence-electron chi connectivity index (χ1n) is 6.45. The molecule has 0 unspecified atom stereocenters. The van der Waals surface area contributed by atoms with Gasteiger partial charge in [0.2, 0.25) is 0 Å². The molecule has 0 spiro atoms. The number of aryl methyl sites for hydroxylation is 1. The zero-order chi connectivity index (χ0) is 13.2. The molecular formula is C17H17NO. The monoisotopic (exact) mass is 251 g/mol. The first kappa shape index (κ1) is 11.8. The molecule has 2 nitrogen and oxygen atoms in total. The Hall–Kier alpha value is -2.22. The fourth-order valence-electron chi connectivity index (χ4n) is 2.44. The number of hydrogen-bond acceptors (Lipinski definition) is 1. The molecule has 0 atom stereocenters. The molecule has 3 aromatic rings. The SMILES string of the molecule is COc1ccc(Cn2ccc3c(C)cccc32)cc1. The van der Waals surface area contributed by atoms with Crippen LogP contribution in [0, 0.1) is 6.92 Å². The molecule has 2 aromatic carbocycles. The lowest BCUT2D eigenvalue weighted by Crippen LogP contribution is -1.97. The highest BCUT2D eigenvalue weighted by molar-refractivity contribution is 5.83. The van der Waals surface area contributed by atoms with Gasteiger partial charge in [0.15, 0.2) is 0 Å². The van der Waals surface area contributed by atoms with E-state index < -0.39 is 0 Å². The van der Waals surface area contributed by atoms with Crippen LogP contribution in [0.15, 0.2) is 54.7 Å². The molecule has 0 aliphatic rings. The van der Waals surface area contributed by atoms with Gasteiger partial charge >= 0.3 is 0 Å². The van der Waals surface area contributed by atoms with Crippen molar-refractivity contribution in [2.45, 2.75) is 13.5 Å². The Morgan fingerprint density at radius 1 is 1.00 bits per heavy atom. The van der Waals surface area contributed by atoms with Crippen molar-refractivity contribution < 1.29 is 4.74 Å². The van der Waals surface area contributed by atoms with Gasteiger partial charge < -0.3 is 9.30 Å². The Balaban J connectivity index is 1.94. The van der Waals surface area contributed by atoms with E-state index in [1.54, 1.807) is 7.11 Å². The number of methoxy groups -OCH3 is 1. The van der Waals surface area contributed by atoms with Crippen molar-refractivity contribution in [3.05, 3.63) is 65.9 Å². The fraction of sp³-hybridized carbons (Fsp3) is 0.176. The topological polar surface area (TPSA) is 14.2 Å². The van der Waals surface area contributed by atoms with Crippen LogP contribution in [0.3, 0.4) is 0 Å². The van der Waals surface area contributed by atoms with Gasteiger partial charge in [-0.1, -0.05) is 24.3 Å². The number of ether oxygens (including phenoxy) is 1. The third kappa shape index (κ3) is 2.22. The summed E-state index contributed by atoms with van der Waals surface area (Å²) in [5.41, 5.74) is 3.89. The summed E-state index contributed by atoms with van der Waals surface area (Å²) in [7, 11) is 1.69. The largest absolute Gasteiger partial charge is 0.497 e. The molecule has 0 saturated heterocycles. The maximum Gasteiger partial charge on any atom is 0.118 e. The standard InChI is InChI=1S/C17H17NO/c1-13-4-3-5-17-16(13)10-11-18(17)12-14-6-8-15(19-2)9-7-14/h3-11H,12H2,1-2H3. The predicted octanol–water partition coefficient (Wildman–Crippen LogP) is 4.01. The van der Waals surface area contributed by atoms with Crippen molar-refractivity contribution in [2.24, 2.45) is 0 Å². The maximum absolute atomic E-state index is 5.18. The second kappa shape index (κ2) is 4.81. The molecule has 19 heavy (non-hydrogen) atoms. The van der Waals surface area contributed by atoms with Gasteiger partial charge in [0.1, 0.15) is 5.75 Å². The van der Waals surface area contributed by atoms with Crippen LogP contribution in [0.5, 0.6) is 5.75 Å². The minimum atomic E-state index is 0.886. The van der Waals surface area contributed by atoms with Crippen LogP contribution in [0.1, 0.15) is 11.1 Å². The molecule has 1 aromatic heterocycles. The Bertz CT molecular complexity index is 695. The normalized spacial score (nSPS) is 10.8. The van der Waals surface area contributed by atoms with Gasteiger partial charge in [0.05, 0.1) is 7.11 Å². The zero-order valence-corrected chi connectivity index (χ0v) is 11.3. The van der Waals surface area contributed by atoms with Crippen molar-refractivity contribution in [2.75, 3.05) is 7.11 Å². The van der Waals surface area contributed by atoms with Crippen LogP contribution >= 0.6 is 0 Å². The summed E-state index contributed by atoms with van der Waals surface area (Å²) in [4.78, 5) is 0. The highest BCUT2D eigenvalue weighted by atomic mass is 16.5. The summed E-state index contributed by atoms with van der Waals surface area (Å²) in [5, 5.41) is 1.33. The second-order valence-corrected chi connectivity index (χ2v) is 4.80. The summed E-state index contributed by atoms with van der Waals surface area (Å²) in [6.45, 7) is 3.04. The summed E-state index contributed by atoms with van der Waals surface area (Å²) < 4.78 is 7.47. The summed E-state index contributed by atoms with van der Waals surface area (Å²) in [5.74, 6) is 0.900. The number of fused-ring (bicyclic) bond motifs is 1. The number of aromatic nitrogens is 1. The fourth-order valence-corrected chi connectivity index (χ4v) is 2.44. The molecule has 96 valence electrons. The predicted molar refractivity (Wildman–Crippen MR) is 78.8 cm³/mol. The van der Waals surface area contributed by atoms with Gasteiger partial charge in [-0.15, -0.1) is 0 Å². The quantitative estimate of drug-likeness (QED) is 0.686. The molecule has 0 saturated carbocycles. The smallest absolute Gasteiger partial charge is 0.118 e. The van der Waals surface area contributed by atoms with Crippen molar-refractivity contribution >= 4 is 10.9 Å². The minimum Gasteiger partial charge on any atom is -0.497 e. The highest BCUT2D eigenvalue weighted by Crippen LogP contribution is 2.21. The molecule has 0 bridgehead atoms. The maximum atomic E-state index is 5.18. The van der Waals surface area contributed by atoms with Crippen LogP contribution in [0.4, 0.5) is 0 Å². The minimum absolute atomic E-state index is 0.886. The number of nitrogens with zero attached hydrogens (tertiary/aromatic N) is 1. The summed E-state index contributed by atoms with van der Waals surface area (Å²) in [6.07, 6.45) is 2.15. The molecule has 0 aliphatic carbocycles. The molecule has 0 amide bonds. The Kier molecular flexibility index (Phi) is 3.00. The molecule has 0 N–H and O–H groups in total. The Labute approximate surface area is 113 Å². The van der Waals surface area contributed by atoms with E-state index in [0.717, 1.165) is 12.3 Å². The van der Waals surface area contributed by atoms with Gasteiger partial charge in [0, 0.05) is 23.6 Å². The van der Waals surface area contributed by atoms with Crippen molar-refractivity contribution in [3.63, 3.8) is 0 Å². The molecule has 1 heterocycles. The number of rotatable bonds is 3. The van der Waals surface area contributed by atoms with Crippen molar-refractivity contribution in [1.82, 2.24) is 4.57 Å². The summed E-state index contributed by atoms with van der Waals surface area (Å²) >= 11 is 0. The van der Waals surface area contributed by atoms with E-state index in [1.807, 2.05) is 12.1 Å². The lowest BCUT2D eigenvalue weighted by Gasteiger charge is -2.07. The first-order valence-corrected chi connectivity index (χ1v) is 6.45. The van der Waals surface area contributed by atoms with E-state index >= 15 is 0 Å². The molecule has 3 rings (SSSR count). The van der Waals surface area contributed by atoms with E-state index in [2.05, 4.69) is 54.1 Å². The van der Waals surface area contributed by atoms with E-state index in [1.165, 1.54) is 22.0 Å².